The summed E-state index contributed by atoms with van der Waals surface area (Å²) in [6.07, 6.45) is 1.69. The molecular formula is C12H14N4O3. The van der Waals surface area contributed by atoms with Gasteiger partial charge in [-0.25, -0.2) is 9.48 Å². The monoisotopic (exact) mass is 262 g/mol. The summed E-state index contributed by atoms with van der Waals surface area (Å²) in [7, 11) is 0. The van der Waals surface area contributed by atoms with Crippen LogP contribution in [-0.4, -0.2) is 31.2 Å². The average Bonchev–Trinajstić information content (AvgIpc) is 2.85. The number of aromatic hydroxyl groups is 1. The maximum absolute atomic E-state index is 11.4. The van der Waals surface area contributed by atoms with Crippen LogP contribution in [0.5, 0.6) is 5.75 Å². The first-order valence-electron chi connectivity index (χ1n) is 5.71. The van der Waals surface area contributed by atoms with Crippen molar-refractivity contribution < 1.29 is 15.0 Å². The van der Waals surface area contributed by atoms with E-state index in [0.29, 0.717) is 5.69 Å². The van der Waals surface area contributed by atoms with Gasteiger partial charge in [-0.2, -0.15) is 0 Å². The van der Waals surface area contributed by atoms with Crippen LogP contribution in [0.25, 0.3) is 0 Å². The second-order valence-electron chi connectivity index (χ2n) is 4.10. The van der Waals surface area contributed by atoms with Crippen LogP contribution in [0.2, 0.25) is 0 Å². The Balaban J connectivity index is 2.26. The zero-order chi connectivity index (χ0) is 13.8. The molecule has 4 N–H and O–H groups in total. The lowest BCUT2D eigenvalue weighted by Crippen LogP contribution is -2.25. The fraction of sp³-hybridized carbons (Fsp3) is 0.250. The predicted molar refractivity (Wildman–Crippen MR) is 66.4 cm³/mol. The van der Waals surface area contributed by atoms with Gasteiger partial charge in [-0.1, -0.05) is 17.3 Å². The summed E-state index contributed by atoms with van der Waals surface area (Å²) in [5.41, 5.74) is 6.86. The quantitative estimate of drug-likeness (QED) is 0.714. The molecule has 0 aliphatic carbocycles. The second-order valence-corrected chi connectivity index (χ2v) is 4.10. The van der Waals surface area contributed by atoms with E-state index in [4.69, 9.17) is 5.73 Å². The molecule has 0 fully saturated rings. The Morgan fingerprint density at radius 3 is 2.63 bits per heavy atom. The molecule has 19 heavy (non-hydrogen) atoms. The number of nitrogens with zero attached hydrogens (tertiary/aromatic N) is 3. The molecule has 1 unspecified atom stereocenters. The largest absolute Gasteiger partial charge is 0.508 e. The van der Waals surface area contributed by atoms with Crippen LogP contribution in [0.4, 0.5) is 0 Å². The van der Waals surface area contributed by atoms with Gasteiger partial charge in [0, 0.05) is 13.0 Å². The van der Waals surface area contributed by atoms with Crippen molar-refractivity contribution in [1.82, 2.24) is 15.0 Å². The normalized spacial score (nSPS) is 12.3. The average molecular weight is 262 g/mol. The van der Waals surface area contributed by atoms with Crippen molar-refractivity contribution in [3.8, 4) is 5.75 Å². The Morgan fingerprint density at radius 2 is 2.05 bits per heavy atom. The van der Waals surface area contributed by atoms with Crippen molar-refractivity contribution in [1.29, 1.82) is 0 Å². The number of nitrogens with two attached hydrogens (primary N) is 1. The van der Waals surface area contributed by atoms with Gasteiger partial charge in [0.05, 0.1) is 11.9 Å². The van der Waals surface area contributed by atoms with Crippen molar-refractivity contribution in [3.05, 3.63) is 41.7 Å². The third-order valence-corrected chi connectivity index (χ3v) is 2.80. The highest BCUT2D eigenvalue weighted by molar-refractivity contribution is 5.72. The number of hydrogen-bond acceptors (Lipinski definition) is 5. The molecule has 7 nitrogen and oxygen atoms in total. The lowest BCUT2D eigenvalue weighted by Gasteiger charge is -2.14. The summed E-state index contributed by atoms with van der Waals surface area (Å²) in [6, 6.07) is 5.50. The molecule has 0 radical (unpaired) electrons. The van der Waals surface area contributed by atoms with Gasteiger partial charge in [-0.3, -0.25) is 0 Å². The summed E-state index contributed by atoms with van der Waals surface area (Å²) in [5.74, 6) is -0.868. The molecule has 7 heteroatoms. The van der Waals surface area contributed by atoms with Crippen molar-refractivity contribution in [2.24, 2.45) is 5.73 Å². The highest BCUT2D eigenvalue weighted by Crippen LogP contribution is 2.18. The van der Waals surface area contributed by atoms with Gasteiger partial charge in [-0.05, 0) is 17.7 Å². The summed E-state index contributed by atoms with van der Waals surface area (Å²) >= 11 is 0. The van der Waals surface area contributed by atoms with Gasteiger partial charge in [0.15, 0.2) is 6.04 Å². The van der Waals surface area contributed by atoms with Crippen LogP contribution in [0.3, 0.4) is 0 Å². The van der Waals surface area contributed by atoms with E-state index in [2.05, 4.69) is 10.3 Å². The molecule has 2 rings (SSSR count). The van der Waals surface area contributed by atoms with E-state index in [1.165, 1.54) is 23.0 Å². The minimum absolute atomic E-state index is 0.138. The number of phenols is 1. The Hall–Kier alpha value is -2.41. The molecule has 100 valence electrons. The number of phenolic OH excluding ortho intramolecular Hbond substituents is 1. The summed E-state index contributed by atoms with van der Waals surface area (Å²) < 4.78 is 1.31. The summed E-state index contributed by atoms with van der Waals surface area (Å²) in [6.45, 7) is 0.173. The zero-order valence-electron chi connectivity index (χ0n) is 10.1. The third kappa shape index (κ3) is 2.89. The van der Waals surface area contributed by atoms with Crippen LogP contribution in [0, 0.1) is 0 Å². The molecule has 1 atom stereocenters. The van der Waals surface area contributed by atoms with Crippen molar-refractivity contribution in [2.45, 2.75) is 19.0 Å². The molecule has 0 saturated heterocycles. The van der Waals surface area contributed by atoms with Crippen molar-refractivity contribution in [3.63, 3.8) is 0 Å². The number of hydrogen-bond donors (Lipinski definition) is 3. The fourth-order valence-corrected chi connectivity index (χ4v) is 1.81. The highest BCUT2D eigenvalue weighted by atomic mass is 16.4. The maximum Gasteiger partial charge on any atom is 0.328 e. The first-order valence-corrected chi connectivity index (χ1v) is 5.71. The van der Waals surface area contributed by atoms with E-state index in [1.807, 2.05) is 0 Å². The molecular weight excluding hydrogens is 248 g/mol. The van der Waals surface area contributed by atoms with Crippen LogP contribution in [0.1, 0.15) is 17.3 Å². The molecule has 2 aromatic rings. The maximum atomic E-state index is 11.4. The zero-order valence-corrected chi connectivity index (χ0v) is 10.1. The Morgan fingerprint density at radius 1 is 1.37 bits per heavy atom. The predicted octanol–water partition coefficient (Wildman–Crippen LogP) is 0.311. The molecule has 0 amide bonds. The third-order valence-electron chi connectivity index (χ3n) is 2.80. The standard InChI is InChI=1S/C12H14N4O3/c13-6-9-7-14-15-16(9)11(12(18)19)5-8-1-3-10(17)4-2-8/h1-4,7,11,17H,5-6,13H2,(H,18,19). The van der Waals surface area contributed by atoms with Gasteiger partial charge in [-0.15, -0.1) is 5.10 Å². The SMILES string of the molecule is NCc1cnnn1C(Cc1ccc(O)cc1)C(=O)O. The van der Waals surface area contributed by atoms with Gasteiger partial charge in [0.1, 0.15) is 5.75 Å². The topological polar surface area (TPSA) is 114 Å². The molecule has 0 saturated carbocycles. The number of benzene rings is 1. The smallest absolute Gasteiger partial charge is 0.328 e. The van der Waals surface area contributed by atoms with Crippen molar-refractivity contribution in [2.75, 3.05) is 0 Å². The fourth-order valence-electron chi connectivity index (χ4n) is 1.81. The van der Waals surface area contributed by atoms with Crippen LogP contribution < -0.4 is 5.73 Å². The number of rotatable bonds is 5. The molecule has 1 heterocycles. The minimum Gasteiger partial charge on any atom is -0.508 e. The van der Waals surface area contributed by atoms with Crippen LogP contribution >= 0.6 is 0 Å². The van der Waals surface area contributed by atoms with E-state index >= 15 is 0 Å². The highest BCUT2D eigenvalue weighted by Gasteiger charge is 2.23. The molecule has 1 aromatic heterocycles. The first-order chi connectivity index (χ1) is 9.11. The molecule has 0 aliphatic heterocycles. The van der Waals surface area contributed by atoms with Gasteiger partial charge in [0.2, 0.25) is 0 Å². The number of aliphatic carboxylic acids is 1. The number of carboxylic acids is 1. The lowest BCUT2D eigenvalue weighted by molar-refractivity contribution is -0.141. The number of aromatic nitrogens is 3. The second kappa shape index (κ2) is 5.49. The van der Waals surface area contributed by atoms with E-state index in [-0.39, 0.29) is 18.7 Å². The Kier molecular flexibility index (Phi) is 3.76. The molecule has 1 aromatic carbocycles. The summed E-state index contributed by atoms with van der Waals surface area (Å²) in [4.78, 5) is 11.4. The van der Waals surface area contributed by atoms with Crippen LogP contribution in [-0.2, 0) is 17.8 Å². The molecule has 0 bridgehead atoms. The molecule has 0 spiro atoms. The van der Waals surface area contributed by atoms with E-state index in [1.54, 1.807) is 12.1 Å². The lowest BCUT2D eigenvalue weighted by atomic mass is 10.1. The Bertz CT molecular complexity index is 565. The van der Waals surface area contributed by atoms with Crippen LogP contribution in [0.15, 0.2) is 30.5 Å². The number of carbonyl (C=O) groups is 1. The van der Waals surface area contributed by atoms with Gasteiger partial charge >= 0.3 is 5.97 Å². The van der Waals surface area contributed by atoms with E-state index in [0.717, 1.165) is 5.56 Å². The molecule has 0 aliphatic rings. The van der Waals surface area contributed by atoms with Gasteiger partial charge in [0.25, 0.3) is 0 Å². The minimum atomic E-state index is -1.01. The summed E-state index contributed by atoms with van der Waals surface area (Å²) in [5, 5.41) is 26.0. The van der Waals surface area contributed by atoms with Crippen molar-refractivity contribution >= 4 is 5.97 Å². The number of carboxylic acid groups (broad SMARTS) is 1. The van der Waals surface area contributed by atoms with E-state index in [9.17, 15) is 15.0 Å². The van der Waals surface area contributed by atoms with E-state index < -0.39 is 12.0 Å². The Labute approximate surface area is 109 Å². The van der Waals surface area contributed by atoms with Gasteiger partial charge < -0.3 is 15.9 Å². The first kappa shape index (κ1) is 13.0.